The molecule has 1 N–H and O–H groups in total. The molecule has 7 heteroatoms. The fourth-order valence-electron chi connectivity index (χ4n) is 2.86. The average molecular weight is 380 g/mol. The summed E-state index contributed by atoms with van der Waals surface area (Å²) >= 11 is 0. The largest absolute Gasteiger partial charge is 0.449 e. The van der Waals surface area contributed by atoms with Crippen LogP contribution in [0.3, 0.4) is 0 Å². The van der Waals surface area contributed by atoms with Gasteiger partial charge in [-0.15, -0.1) is 0 Å². The predicted octanol–water partition coefficient (Wildman–Crippen LogP) is 2.83. The SMILES string of the molecule is Cc1cccc(NC(=O)C(C)OC(=O)c2ccc(N3C(=O)CCC3=O)cc2)c1. The van der Waals surface area contributed by atoms with Crippen LogP contribution in [0, 0.1) is 6.92 Å². The molecular weight excluding hydrogens is 360 g/mol. The number of ether oxygens (including phenoxy) is 1. The van der Waals surface area contributed by atoms with Gasteiger partial charge in [0, 0.05) is 18.5 Å². The number of hydrogen-bond donors (Lipinski definition) is 1. The highest BCUT2D eigenvalue weighted by Crippen LogP contribution is 2.23. The summed E-state index contributed by atoms with van der Waals surface area (Å²) in [4.78, 5) is 49.1. The van der Waals surface area contributed by atoms with Gasteiger partial charge in [-0.25, -0.2) is 4.79 Å². The second-order valence-corrected chi connectivity index (χ2v) is 6.58. The van der Waals surface area contributed by atoms with Crippen LogP contribution in [0.1, 0.15) is 35.7 Å². The Hall–Kier alpha value is -3.48. The molecule has 2 aromatic rings. The van der Waals surface area contributed by atoms with E-state index in [4.69, 9.17) is 4.74 Å². The maximum atomic E-state index is 12.3. The molecule has 3 rings (SSSR count). The number of carbonyl (C=O) groups is 4. The van der Waals surface area contributed by atoms with E-state index < -0.39 is 18.0 Å². The number of amides is 3. The molecule has 1 fully saturated rings. The molecule has 1 unspecified atom stereocenters. The second kappa shape index (κ2) is 8.04. The zero-order valence-corrected chi connectivity index (χ0v) is 15.6. The molecule has 1 aliphatic heterocycles. The van der Waals surface area contributed by atoms with Crippen molar-refractivity contribution in [1.29, 1.82) is 0 Å². The molecular formula is C21H20N2O5. The van der Waals surface area contributed by atoms with Gasteiger partial charge in [0.25, 0.3) is 5.91 Å². The Labute approximate surface area is 162 Å². The maximum absolute atomic E-state index is 12.3. The number of hydrogen-bond acceptors (Lipinski definition) is 5. The van der Waals surface area contributed by atoms with Gasteiger partial charge < -0.3 is 10.1 Å². The van der Waals surface area contributed by atoms with Crippen molar-refractivity contribution in [3.05, 3.63) is 59.7 Å². The van der Waals surface area contributed by atoms with E-state index in [1.807, 2.05) is 25.1 Å². The van der Waals surface area contributed by atoms with Gasteiger partial charge in [-0.3, -0.25) is 19.3 Å². The zero-order chi connectivity index (χ0) is 20.3. The number of nitrogens with one attached hydrogen (secondary N) is 1. The van der Waals surface area contributed by atoms with E-state index in [0.717, 1.165) is 10.5 Å². The quantitative estimate of drug-likeness (QED) is 0.636. The molecule has 2 aromatic carbocycles. The minimum Gasteiger partial charge on any atom is -0.449 e. The number of esters is 1. The highest BCUT2D eigenvalue weighted by molar-refractivity contribution is 6.19. The lowest BCUT2D eigenvalue weighted by Gasteiger charge is -2.15. The summed E-state index contributed by atoms with van der Waals surface area (Å²) in [6.45, 7) is 3.39. The number of aryl methyl sites for hydroxylation is 1. The van der Waals surface area contributed by atoms with Gasteiger partial charge in [0.1, 0.15) is 0 Å². The molecule has 0 bridgehead atoms. The lowest BCUT2D eigenvalue weighted by Crippen LogP contribution is -2.30. The van der Waals surface area contributed by atoms with E-state index >= 15 is 0 Å². The Bertz CT molecular complexity index is 920. The van der Waals surface area contributed by atoms with E-state index in [0.29, 0.717) is 11.4 Å². The third kappa shape index (κ3) is 4.25. The lowest BCUT2D eigenvalue weighted by atomic mass is 10.2. The molecule has 28 heavy (non-hydrogen) atoms. The van der Waals surface area contributed by atoms with Crippen molar-refractivity contribution in [2.75, 3.05) is 10.2 Å². The van der Waals surface area contributed by atoms with Crippen LogP contribution in [0.15, 0.2) is 48.5 Å². The van der Waals surface area contributed by atoms with Crippen molar-refractivity contribution >= 4 is 35.1 Å². The maximum Gasteiger partial charge on any atom is 0.338 e. The first kappa shape index (κ1) is 19.3. The first-order valence-corrected chi connectivity index (χ1v) is 8.89. The molecule has 0 spiro atoms. The summed E-state index contributed by atoms with van der Waals surface area (Å²) in [5.41, 5.74) is 2.25. The number of nitrogens with zero attached hydrogens (tertiary/aromatic N) is 1. The smallest absolute Gasteiger partial charge is 0.338 e. The fraction of sp³-hybridized carbons (Fsp3) is 0.238. The van der Waals surface area contributed by atoms with Crippen molar-refractivity contribution in [3.8, 4) is 0 Å². The standard InChI is InChI=1S/C21H20N2O5/c1-13-4-3-5-16(12-13)22-20(26)14(2)28-21(27)15-6-8-17(9-7-15)23-18(24)10-11-19(23)25/h3-9,12,14H,10-11H2,1-2H3,(H,22,26). The van der Waals surface area contributed by atoms with E-state index in [1.54, 1.807) is 6.07 Å². The Balaban J connectivity index is 1.61. The van der Waals surface area contributed by atoms with Crippen LogP contribution in [0.4, 0.5) is 11.4 Å². The molecule has 3 amide bonds. The van der Waals surface area contributed by atoms with Crippen LogP contribution in [-0.2, 0) is 19.1 Å². The fourth-order valence-corrected chi connectivity index (χ4v) is 2.86. The van der Waals surface area contributed by atoms with Crippen LogP contribution in [-0.4, -0.2) is 29.8 Å². The third-order valence-corrected chi connectivity index (χ3v) is 4.35. The van der Waals surface area contributed by atoms with Gasteiger partial charge in [0.15, 0.2) is 6.10 Å². The number of carbonyl (C=O) groups excluding carboxylic acids is 4. The van der Waals surface area contributed by atoms with E-state index in [2.05, 4.69) is 5.32 Å². The van der Waals surface area contributed by atoms with Crippen molar-refractivity contribution in [3.63, 3.8) is 0 Å². The highest BCUT2D eigenvalue weighted by Gasteiger charge is 2.30. The second-order valence-electron chi connectivity index (χ2n) is 6.58. The summed E-state index contributed by atoms with van der Waals surface area (Å²) < 4.78 is 5.21. The van der Waals surface area contributed by atoms with Gasteiger partial charge in [0.05, 0.1) is 11.3 Å². The summed E-state index contributed by atoms with van der Waals surface area (Å²) in [7, 11) is 0. The summed E-state index contributed by atoms with van der Waals surface area (Å²) in [6, 6.07) is 13.2. The molecule has 0 radical (unpaired) electrons. The van der Waals surface area contributed by atoms with Crippen molar-refractivity contribution < 1.29 is 23.9 Å². The minimum absolute atomic E-state index is 0.191. The zero-order valence-electron chi connectivity index (χ0n) is 15.6. The summed E-state index contributed by atoms with van der Waals surface area (Å²) in [5, 5.41) is 2.70. The van der Waals surface area contributed by atoms with Gasteiger partial charge >= 0.3 is 5.97 Å². The van der Waals surface area contributed by atoms with Crippen LogP contribution in [0.2, 0.25) is 0 Å². The average Bonchev–Trinajstić information content (AvgIpc) is 3.00. The summed E-state index contributed by atoms with van der Waals surface area (Å²) in [5.74, 6) is -1.63. The molecule has 0 aromatic heterocycles. The van der Waals surface area contributed by atoms with Crippen LogP contribution >= 0.6 is 0 Å². The normalized spacial score (nSPS) is 14.7. The van der Waals surface area contributed by atoms with Gasteiger partial charge in [-0.1, -0.05) is 12.1 Å². The molecule has 7 nitrogen and oxygen atoms in total. The van der Waals surface area contributed by atoms with Crippen molar-refractivity contribution in [2.24, 2.45) is 0 Å². The Morgan fingerprint density at radius 3 is 2.29 bits per heavy atom. The first-order valence-electron chi connectivity index (χ1n) is 8.89. The lowest BCUT2D eigenvalue weighted by molar-refractivity contribution is -0.124. The molecule has 1 atom stereocenters. The Morgan fingerprint density at radius 2 is 1.68 bits per heavy atom. The van der Waals surface area contributed by atoms with Crippen LogP contribution in [0.25, 0.3) is 0 Å². The third-order valence-electron chi connectivity index (χ3n) is 4.35. The van der Waals surface area contributed by atoms with Gasteiger partial charge in [-0.2, -0.15) is 0 Å². The van der Waals surface area contributed by atoms with E-state index in [9.17, 15) is 19.2 Å². The number of benzene rings is 2. The molecule has 0 saturated carbocycles. The van der Waals surface area contributed by atoms with Crippen LogP contribution < -0.4 is 10.2 Å². The Kier molecular flexibility index (Phi) is 5.54. The first-order chi connectivity index (χ1) is 13.3. The predicted molar refractivity (Wildman–Crippen MR) is 103 cm³/mol. The van der Waals surface area contributed by atoms with E-state index in [1.165, 1.54) is 31.2 Å². The minimum atomic E-state index is -0.991. The molecule has 1 heterocycles. The van der Waals surface area contributed by atoms with Crippen LogP contribution in [0.5, 0.6) is 0 Å². The number of rotatable bonds is 5. The molecule has 0 aliphatic carbocycles. The molecule has 144 valence electrons. The summed E-state index contributed by atoms with van der Waals surface area (Å²) in [6.07, 6.45) is -0.610. The number of imide groups is 1. The van der Waals surface area contributed by atoms with Gasteiger partial charge in [0.2, 0.25) is 11.8 Å². The Morgan fingerprint density at radius 1 is 1.04 bits per heavy atom. The van der Waals surface area contributed by atoms with Crippen molar-refractivity contribution in [1.82, 2.24) is 0 Å². The number of anilines is 2. The van der Waals surface area contributed by atoms with E-state index in [-0.39, 0.29) is 30.2 Å². The topological polar surface area (TPSA) is 92.8 Å². The highest BCUT2D eigenvalue weighted by atomic mass is 16.5. The monoisotopic (exact) mass is 380 g/mol. The van der Waals surface area contributed by atoms with Crippen molar-refractivity contribution in [2.45, 2.75) is 32.8 Å². The molecule has 1 saturated heterocycles. The molecule has 1 aliphatic rings. The van der Waals surface area contributed by atoms with Gasteiger partial charge in [-0.05, 0) is 55.8 Å².